The van der Waals surface area contributed by atoms with E-state index in [9.17, 15) is 4.79 Å². The first-order chi connectivity index (χ1) is 13.1. The van der Waals surface area contributed by atoms with E-state index in [0.717, 1.165) is 17.1 Å². The lowest BCUT2D eigenvalue weighted by atomic mass is 10.2. The summed E-state index contributed by atoms with van der Waals surface area (Å²) >= 11 is 0. The predicted molar refractivity (Wildman–Crippen MR) is 105 cm³/mol. The molecule has 0 radical (unpaired) electrons. The SMILES string of the molecule is CNC(=O)CCNc1cc(NCC2=CC=C=C=C2)c2nnc(C(C)C)n2n1. The van der Waals surface area contributed by atoms with Crippen molar-refractivity contribution >= 4 is 23.1 Å². The van der Waals surface area contributed by atoms with Crippen LogP contribution in [0.25, 0.3) is 5.65 Å². The minimum Gasteiger partial charge on any atom is -0.378 e. The Morgan fingerprint density at radius 3 is 2.81 bits per heavy atom. The lowest BCUT2D eigenvalue weighted by molar-refractivity contribution is -0.120. The van der Waals surface area contributed by atoms with Gasteiger partial charge in [-0.2, -0.15) is 4.52 Å². The average molecular weight is 365 g/mol. The average Bonchev–Trinajstić information content (AvgIpc) is 3.11. The summed E-state index contributed by atoms with van der Waals surface area (Å²) in [5.41, 5.74) is 8.41. The maximum atomic E-state index is 11.4. The number of anilines is 2. The number of hydrogen-bond acceptors (Lipinski definition) is 6. The van der Waals surface area contributed by atoms with Gasteiger partial charge in [0.25, 0.3) is 0 Å². The summed E-state index contributed by atoms with van der Waals surface area (Å²) in [5.74, 6) is 1.60. The van der Waals surface area contributed by atoms with Crippen molar-refractivity contribution in [1.29, 1.82) is 0 Å². The number of carbonyl (C=O) groups excluding carboxylic acids is 1. The van der Waals surface area contributed by atoms with Gasteiger partial charge in [0, 0.05) is 38.5 Å². The molecule has 2 aromatic heterocycles. The van der Waals surface area contributed by atoms with Crippen LogP contribution in [-0.4, -0.2) is 45.9 Å². The fraction of sp³-hybridized carbons (Fsp3) is 0.368. The van der Waals surface area contributed by atoms with Gasteiger partial charge >= 0.3 is 0 Å². The van der Waals surface area contributed by atoms with Gasteiger partial charge in [-0.15, -0.1) is 15.3 Å². The highest BCUT2D eigenvalue weighted by Crippen LogP contribution is 2.22. The van der Waals surface area contributed by atoms with E-state index < -0.39 is 0 Å². The van der Waals surface area contributed by atoms with E-state index in [2.05, 4.69) is 42.7 Å². The Morgan fingerprint density at radius 2 is 2.11 bits per heavy atom. The molecule has 140 valence electrons. The van der Waals surface area contributed by atoms with E-state index in [0.29, 0.717) is 31.0 Å². The molecular formula is C19H23N7O. The summed E-state index contributed by atoms with van der Waals surface area (Å²) < 4.78 is 1.75. The van der Waals surface area contributed by atoms with E-state index in [1.165, 1.54) is 0 Å². The minimum atomic E-state index is -0.0220. The maximum Gasteiger partial charge on any atom is 0.221 e. The van der Waals surface area contributed by atoms with Gasteiger partial charge in [-0.3, -0.25) is 4.79 Å². The van der Waals surface area contributed by atoms with Gasteiger partial charge in [0.1, 0.15) is 5.82 Å². The number of carbonyl (C=O) groups is 1. The van der Waals surface area contributed by atoms with Gasteiger partial charge in [-0.1, -0.05) is 25.3 Å². The van der Waals surface area contributed by atoms with E-state index in [1.807, 2.05) is 38.1 Å². The fourth-order valence-corrected chi connectivity index (χ4v) is 2.59. The molecule has 0 aromatic carbocycles. The molecule has 8 nitrogen and oxygen atoms in total. The Kier molecular flexibility index (Phi) is 5.71. The summed E-state index contributed by atoms with van der Waals surface area (Å²) in [4.78, 5) is 11.4. The largest absolute Gasteiger partial charge is 0.378 e. The number of nitrogens with one attached hydrogen (secondary N) is 3. The van der Waals surface area contributed by atoms with E-state index in [-0.39, 0.29) is 11.8 Å². The van der Waals surface area contributed by atoms with Crippen LogP contribution >= 0.6 is 0 Å². The lowest BCUT2D eigenvalue weighted by Gasteiger charge is -2.12. The van der Waals surface area contributed by atoms with Gasteiger partial charge in [-0.25, -0.2) is 0 Å². The molecule has 0 saturated heterocycles. The van der Waals surface area contributed by atoms with Crippen molar-refractivity contribution in [2.24, 2.45) is 0 Å². The summed E-state index contributed by atoms with van der Waals surface area (Å²) in [6.45, 7) is 5.20. The first-order valence-electron chi connectivity index (χ1n) is 8.90. The second kappa shape index (κ2) is 8.36. The number of hydrogen-bond donors (Lipinski definition) is 3. The highest BCUT2D eigenvalue weighted by atomic mass is 16.1. The molecule has 3 N–H and O–H groups in total. The zero-order chi connectivity index (χ0) is 19.2. The number of fused-ring (bicyclic) bond motifs is 1. The number of amides is 1. The molecule has 0 aliphatic heterocycles. The quantitative estimate of drug-likeness (QED) is 0.620. The van der Waals surface area contributed by atoms with Gasteiger partial charge in [0.05, 0.1) is 5.69 Å². The molecule has 3 rings (SSSR count). The standard InChI is InChI=1S/C19H23N7O/c1-13(2)18-23-24-19-15(22-12-14-7-5-4-6-8-14)11-16(25-26(18)19)21-10-9-17(27)20-3/h5,7-8,11,13,22H,9-10,12H2,1-3H3,(H,20,27)(H,21,25). The number of nitrogens with zero attached hydrogens (tertiary/aromatic N) is 4. The molecule has 1 aliphatic rings. The number of allylic oxidation sites excluding steroid dienone is 2. The summed E-state index contributed by atoms with van der Waals surface area (Å²) in [6, 6.07) is 1.89. The molecule has 0 atom stereocenters. The fourth-order valence-electron chi connectivity index (χ4n) is 2.59. The third-order valence-electron chi connectivity index (χ3n) is 4.05. The minimum absolute atomic E-state index is 0.0220. The first kappa shape index (κ1) is 18.5. The van der Waals surface area contributed by atoms with Crippen molar-refractivity contribution in [3.63, 3.8) is 0 Å². The van der Waals surface area contributed by atoms with Crippen LogP contribution in [-0.2, 0) is 4.79 Å². The Bertz CT molecular complexity index is 973. The zero-order valence-corrected chi connectivity index (χ0v) is 15.7. The molecule has 1 amide bonds. The van der Waals surface area contributed by atoms with Crippen LogP contribution in [0.4, 0.5) is 11.5 Å². The van der Waals surface area contributed by atoms with E-state index >= 15 is 0 Å². The zero-order valence-electron chi connectivity index (χ0n) is 15.7. The smallest absolute Gasteiger partial charge is 0.221 e. The van der Waals surface area contributed by atoms with Gasteiger partial charge < -0.3 is 16.0 Å². The highest BCUT2D eigenvalue weighted by Gasteiger charge is 2.15. The predicted octanol–water partition coefficient (Wildman–Crippen LogP) is 2.01. The van der Waals surface area contributed by atoms with E-state index in [1.54, 1.807) is 11.6 Å². The van der Waals surface area contributed by atoms with Crippen molar-refractivity contribution < 1.29 is 4.79 Å². The number of aromatic nitrogens is 4. The maximum absolute atomic E-state index is 11.4. The van der Waals surface area contributed by atoms with Crippen LogP contribution in [0.5, 0.6) is 0 Å². The van der Waals surface area contributed by atoms with Crippen molar-refractivity contribution in [2.45, 2.75) is 26.2 Å². The second-order valence-corrected chi connectivity index (χ2v) is 6.44. The Labute approximate surface area is 157 Å². The van der Waals surface area contributed by atoms with Crippen LogP contribution < -0.4 is 16.0 Å². The Hall–Kier alpha value is -3.34. The molecule has 2 aromatic rings. The van der Waals surface area contributed by atoms with Crippen molar-refractivity contribution in [2.75, 3.05) is 30.8 Å². The summed E-state index contributed by atoms with van der Waals surface area (Å²) in [6.07, 6.45) is 6.07. The molecule has 27 heavy (non-hydrogen) atoms. The molecule has 2 heterocycles. The lowest BCUT2D eigenvalue weighted by Crippen LogP contribution is -2.21. The van der Waals surface area contributed by atoms with Crippen LogP contribution in [0.1, 0.15) is 32.0 Å². The molecular weight excluding hydrogens is 342 g/mol. The third kappa shape index (κ3) is 4.44. The van der Waals surface area contributed by atoms with Crippen LogP contribution in [0.15, 0.2) is 41.3 Å². The van der Waals surface area contributed by atoms with Gasteiger partial charge in [-0.05, 0) is 23.8 Å². The van der Waals surface area contributed by atoms with Crippen LogP contribution in [0.2, 0.25) is 0 Å². The molecule has 0 saturated carbocycles. The summed E-state index contributed by atoms with van der Waals surface area (Å²) in [5, 5.41) is 22.4. The number of rotatable bonds is 8. The molecule has 0 bridgehead atoms. The van der Waals surface area contributed by atoms with Gasteiger partial charge in [0.15, 0.2) is 5.82 Å². The molecule has 0 unspecified atom stereocenters. The topological polar surface area (TPSA) is 96.2 Å². The molecule has 0 spiro atoms. The molecule has 8 heteroatoms. The Balaban J connectivity index is 1.85. The van der Waals surface area contributed by atoms with Crippen LogP contribution in [0.3, 0.4) is 0 Å². The van der Waals surface area contributed by atoms with E-state index in [4.69, 9.17) is 0 Å². The van der Waals surface area contributed by atoms with Crippen molar-refractivity contribution in [3.05, 3.63) is 47.2 Å². The van der Waals surface area contributed by atoms with Crippen LogP contribution in [0, 0.1) is 0 Å². The monoisotopic (exact) mass is 365 g/mol. The first-order valence-corrected chi connectivity index (χ1v) is 8.90. The van der Waals surface area contributed by atoms with Crippen molar-refractivity contribution in [3.8, 4) is 0 Å². The molecule has 0 fully saturated rings. The highest BCUT2D eigenvalue weighted by molar-refractivity contribution is 5.76. The second-order valence-electron chi connectivity index (χ2n) is 6.44. The van der Waals surface area contributed by atoms with Gasteiger partial charge in [0.2, 0.25) is 11.6 Å². The summed E-state index contributed by atoms with van der Waals surface area (Å²) in [7, 11) is 1.62. The third-order valence-corrected chi connectivity index (χ3v) is 4.05. The van der Waals surface area contributed by atoms with Crippen molar-refractivity contribution in [1.82, 2.24) is 25.1 Å². The Morgan fingerprint density at radius 1 is 1.26 bits per heavy atom. The normalized spacial score (nSPS) is 12.5. The molecule has 1 aliphatic carbocycles.